The highest BCUT2D eigenvalue weighted by Crippen LogP contribution is 2.68. The summed E-state index contributed by atoms with van der Waals surface area (Å²) in [6.45, 7) is 8.41. The van der Waals surface area contributed by atoms with Crippen molar-refractivity contribution in [3.05, 3.63) is 17.5 Å². The van der Waals surface area contributed by atoms with E-state index in [0.717, 1.165) is 0 Å². The maximum Gasteiger partial charge on any atom is 0.229 e. The number of aromatic nitrogens is 2. The van der Waals surface area contributed by atoms with Crippen molar-refractivity contribution in [2.24, 2.45) is 16.7 Å². The molecule has 1 saturated carbocycles. The smallest absolute Gasteiger partial charge is 0.229 e. The standard InChI is InChI=1S/C12H16ClN3O/c1-11(2)9(12(11,3)4)10(17)16-8-5-7(13)14-6-15-8/h5-6,9H,1-4H3,(H,14,15,16,17). The quantitative estimate of drug-likeness (QED) is 0.825. The first kappa shape index (κ1) is 12.3. The van der Waals surface area contributed by atoms with Crippen LogP contribution in [0.2, 0.25) is 5.15 Å². The average Bonchev–Trinajstić information content (AvgIpc) is 2.56. The fraction of sp³-hybridized carbons (Fsp3) is 0.583. The maximum atomic E-state index is 12.1. The van der Waals surface area contributed by atoms with Gasteiger partial charge in [0.1, 0.15) is 17.3 Å². The molecule has 17 heavy (non-hydrogen) atoms. The second kappa shape index (κ2) is 3.67. The molecular weight excluding hydrogens is 238 g/mol. The number of hydrogen-bond acceptors (Lipinski definition) is 3. The molecule has 0 aliphatic heterocycles. The summed E-state index contributed by atoms with van der Waals surface area (Å²) in [4.78, 5) is 19.8. The fourth-order valence-corrected chi connectivity index (χ4v) is 2.60. The van der Waals surface area contributed by atoms with Gasteiger partial charge in [-0.25, -0.2) is 9.97 Å². The highest BCUT2D eigenvalue weighted by atomic mass is 35.5. The van der Waals surface area contributed by atoms with E-state index in [2.05, 4.69) is 43.0 Å². The van der Waals surface area contributed by atoms with E-state index in [1.54, 1.807) is 6.07 Å². The van der Waals surface area contributed by atoms with Crippen LogP contribution in [0.3, 0.4) is 0 Å². The molecule has 1 aliphatic carbocycles. The van der Waals surface area contributed by atoms with Gasteiger partial charge in [0.2, 0.25) is 5.91 Å². The number of anilines is 1. The van der Waals surface area contributed by atoms with Gasteiger partial charge in [-0.05, 0) is 10.8 Å². The molecule has 0 bridgehead atoms. The summed E-state index contributed by atoms with van der Waals surface area (Å²) in [5, 5.41) is 3.11. The summed E-state index contributed by atoms with van der Waals surface area (Å²) >= 11 is 5.73. The van der Waals surface area contributed by atoms with Crippen molar-refractivity contribution in [1.29, 1.82) is 0 Å². The molecule has 4 nitrogen and oxygen atoms in total. The van der Waals surface area contributed by atoms with Crippen LogP contribution in [0.1, 0.15) is 27.7 Å². The van der Waals surface area contributed by atoms with Crippen LogP contribution >= 0.6 is 11.6 Å². The third-order valence-electron chi connectivity index (χ3n) is 4.17. The Kier molecular flexibility index (Phi) is 2.65. The van der Waals surface area contributed by atoms with Crippen LogP contribution in [0.25, 0.3) is 0 Å². The first-order chi connectivity index (χ1) is 7.76. The summed E-state index contributed by atoms with van der Waals surface area (Å²) in [6.07, 6.45) is 1.33. The van der Waals surface area contributed by atoms with Gasteiger partial charge < -0.3 is 5.32 Å². The number of halogens is 1. The first-order valence-electron chi connectivity index (χ1n) is 5.55. The molecule has 0 radical (unpaired) electrons. The van der Waals surface area contributed by atoms with E-state index in [1.807, 2.05) is 0 Å². The van der Waals surface area contributed by atoms with Gasteiger partial charge in [-0.15, -0.1) is 0 Å². The molecule has 1 fully saturated rings. The number of rotatable bonds is 2. The molecule has 0 spiro atoms. The van der Waals surface area contributed by atoms with Gasteiger partial charge in [-0.3, -0.25) is 4.79 Å². The highest BCUT2D eigenvalue weighted by Gasteiger charge is 2.68. The van der Waals surface area contributed by atoms with Gasteiger partial charge in [-0.1, -0.05) is 39.3 Å². The highest BCUT2D eigenvalue weighted by molar-refractivity contribution is 6.29. The molecule has 0 aromatic carbocycles. The van der Waals surface area contributed by atoms with E-state index < -0.39 is 0 Å². The molecule has 1 N–H and O–H groups in total. The van der Waals surface area contributed by atoms with Crippen LogP contribution < -0.4 is 5.32 Å². The SMILES string of the molecule is CC1(C)C(C(=O)Nc2cc(Cl)ncn2)C1(C)C. The molecule has 1 aromatic rings. The topological polar surface area (TPSA) is 54.9 Å². The van der Waals surface area contributed by atoms with E-state index in [4.69, 9.17) is 11.6 Å². The van der Waals surface area contributed by atoms with Crippen molar-refractivity contribution in [1.82, 2.24) is 9.97 Å². The van der Waals surface area contributed by atoms with Crippen molar-refractivity contribution in [3.8, 4) is 0 Å². The van der Waals surface area contributed by atoms with Gasteiger partial charge >= 0.3 is 0 Å². The third-order valence-corrected chi connectivity index (χ3v) is 4.37. The summed E-state index contributed by atoms with van der Waals surface area (Å²) in [5.41, 5.74) is 0.0435. The van der Waals surface area contributed by atoms with Gasteiger partial charge in [-0.2, -0.15) is 0 Å². The lowest BCUT2D eigenvalue weighted by atomic mass is 10.0. The van der Waals surface area contributed by atoms with Crippen molar-refractivity contribution < 1.29 is 4.79 Å². The zero-order valence-corrected chi connectivity index (χ0v) is 11.2. The predicted molar refractivity (Wildman–Crippen MR) is 66.7 cm³/mol. The second-order valence-corrected chi connectivity index (χ2v) is 5.98. The van der Waals surface area contributed by atoms with Crippen molar-refractivity contribution >= 4 is 23.3 Å². The van der Waals surface area contributed by atoms with E-state index in [1.165, 1.54) is 6.33 Å². The van der Waals surface area contributed by atoms with E-state index in [-0.39, 0.29) is 22.7 Å². The van der Waals surface area contributed by atoms with Crippen LogP contribution in [0.4, 0.5) is 5.82 Å². The monoisotopic (exact) mass is 253 g/mol. The minimum absolute atomic E-state index is 0.00346. The van der Waals surface area contributed by atoms with Gasteiger partial charge in [0.25, 0.3) is 0 Å². The Hall–Kier alpha value is -1.16. The molecule has 1 amide bonds. The van der Waals surface area contributed by atoms with Crippen LogP contribution in [0, 0.1) is 16.7 Å². The summed E-state index contributed by atoms with van der Waals surface area (Å²) in [7, 11) is 0. The molecule has 5 heteroatoms. The molecule has 0 unspecified atom stereocenters. The Morgan fingerprint density at radius 3 is 2.35 bits per heavy atom. The molecule has 2 rings (SSSR count). The van der Waals surface area contributed by atoms with Gasteiger partial charge in [0.05, 0.1) is 0 Å². The first-order valence-corrected chi connectivity index (χ1v) is 5.93. The second-order valence-electron chi connectivity index (χ2n) is 5.59. The molecular formula is C12H16ClN3O. The zero-order valence-electron chi connectivity index (χ0n) is 10.4. The molecule has 1 aromatic heterocycles. The molecule has 1 aliphatic rings. The molecule has 1 heterocycles. The number of hydrogen-bond donors (Lipinski definition) is 1. The number of carbonyl (C=O) groups excluding carboxylic acids is 1. The van der Waals surface area contributed by atoms with Gasteiger partial charge in [0.15, 0.2) is 0 Å². The van der Waals surface area contributed by atoms with E-state index in [0.29, 0.717) is 11.0 Å². The Labute approximate surface area is 106 Å². The van der Waals surface area contributed by atoms with Crippen molar-refractivity contribution in [3.63, 3.8) is 0 Å². The molecule has 0 saturated heterocycles. The van der Waals surface area contributed by atoms with Crippen LogP contribution in [0.5, 0.6) is 0 Å². The van der Waals surface area contributed by atoms with Crippen LogP contribution in [0.15, 0.2) is 12.4 Å². The fourth-order valence-electron chi connectivity index (χ4n) is 2.45. The zero-order chi connectivity index (χ0) is 12.8. The lowest BCUT2D eigenvalue weighted by Gasteiger charge is -2.05. The Balaban J connectivity index is 2.10. The largest absolute Gasteiger partial charge is 0.310 e. The average molecular weight is 254 g/mol. The molecule has 92 valence electrons. The minimum atomic E-state index is -0.00485. The van der Waals surface area contributed by atoms with Gasteiger partial charge in [0, 0.05) is 12.0 Å². The number of amides is 1. The van der Waals surface area contributed by atoms with Crippen LogP contribution in [-0.4, -0.2) is 15.9 Å². The Morgan fingerprint density at radius 2 is 1.88 bits per heavy atom. The number of carbonyl (C=O) groups is 1. The van der Waals surface area contributed by atoms with Crippen molar-refractivity contribution in [2.45, 2.75) is 27.7 Å². The van der Waals surface area contributed by atoms with Crippen LogP contribution in [-0.2, 0) is 4.79 Å². The van der Waals surface area contributed by atoms with E-state index >= 15 is 0 Å². The third kappa shape index (κ3) is 1.90. The predicted octanol–water partition coefficient (Wildman–Crippen LogP) is 2.75. The Morgan fingerprint density at radius 1 is 1.29 bits per heavy atom. The lowest BCUT2D eigenvalue weighted by Crippen LogP contribution is -2.18. The van der Waals surface area contributed by atoms with E-state index in [9.17, 15) is 4.79 Å². The normalized spacial score (nSPS) is 21.0. The molecule has 0 atom stereocenters. The summed E-state index contributed by atoms with van der Waals surface area (Å²) in [5.74, 6) is 0.451. The summed E-state index contributed by atoms with van der Waals surface area (Å²) in [6, 6.07) is 1.54. The number of nitrogens with zero attached hydrogens (tertiary/aromatic N) is 2. The number of nitrogens with one attached hydrogen (secondary N) is 1. The maximum absolute atomic E-state index is 12.1. The Bertz CT molecular complexity index is 457. The lowest BCUT2D eigenvalue weighted by molar-refractivity contribution is -0.118. The minimum Gasteiger partial charge on any atom is -0.310 e. The summed E-state index contributed by atoms with van der Waals surface area (Å²) < 4.78 is 0. The van der Waals surface area contributed by atoms with Crippen molar-refractivity contribution in [2.75, 3.05) is 5.32 Å².